The first-order chi connectivity index (χ1) is 12.0. The number of nitrogens with zero attached hydrogens (tertiary/aromatic N) is 2. The van der Waals surface area contributed by atoms with Gasteiger partial charge in [-0.1, -0.05) is 11.6 Å². The highest BCUT2D eigenvalue weighted by Crippen LogP contribution is 2.46. The van der Waals surface area contributed by atoms with E-state index in [0.29, 0.717) is 16.6 Å². The van der Waals surface area contributed by atoms with Gasteiger partial charge in [0, 0.05) is 16.3 Å². The highest BCUT2D eigenvalue weighted by atomic mass is 35.5. The highest BCUT2D eigenvalue weighted by molar-refractivity contribution is 6.30. The maximum atomic E-state index is 9.17. The monoisotopic (exact) mass is 353 g/mol. The number of halogens is 1. The lowest BCUT2D eigenvalue weighted by Gasteiger charge is -2.39. The van der Waals surface area contributed by atoms with E-state index in [1.165, 1.54) is 0 Å². The Bertz CT molecular complexity index is 900. The number of benzene rings is 2. The van der Waals surface area contributed by atoms with Crippen molar-refractivity contribution in [2.45, 2.75) is 31.6 Å². The molecule has 2 aromatic carbocycles. The summed E-state index contributed by atoms with van der Waals surface area (Å²) >= 11 is 5.92. The van der Waals surface area contributed by atoms with Crippen molar-refractivity contribution in [2.24, 2.45) is 4.99 Å². The maximum absolute atomic E-state index is 9.17. The summed E-state index contributed by atoms with van der Waals surface area (Å²) in [5.74, 6) is 0.741. The Labute approximate surface area is 150 Å². The van der Waals surface area contributed by atoms with Crippen LogP contribution in [0.3, 0.4) is 0 Å². The van der Waals surface area contributed by atoms with Gasteiger partial charge in [0.25, 0.3) is 6.02 Å². The Balaban J connectivity index is 1.69. The Morgan fingerprint density at radius 3 is 2.68 bits per heavy atom. The van der Waals surface area contributed by atoms with Gasteiger partial charge in [-0.2, -0.15) is 5.26 Å². The second kappa shape index (κ2) is 5.68. The van der Waals surface area contributed by atoms with Crippen molar-refractivity contribution >= 4 is 23.3 Å². The molecule has 0 unspecified atom stereocenters. The molecule has 0 spiro atoms. The van der Waals surface area contributed by atoms with Crippen LogP contribution >= 0.6 is 11.6 Å². The van der Waals surface area contributed by atoms with E-state index in [0.717, 1.165) is 17.0 Å². The zero-order valence-corrected chi connectivity index (χ0v) is 14.5. The Kier molecular flexibility index (Phi) is 3.59. The molecule has 6 heteroatoms. The molecule has 0 bridgehead atoms. The van der Waals surface area contributed by atoms with Gasteiger partial charge in [0.05, 0.1) is 11.6 Å². The summed E-state index contributed by atoms with van der Waals surface area (Å²) < 4.78 is 12.1. The van der Waals surface area contributed by atoms with Gasteiger partial charge in [-0.05, 0) is 56.3 Å². The number of fused-ring (bicyclic) bond motifs is 3. The van der Waals surface area contributed by atoms with Gasteiger partial charge in [0.15, 0.2) is 6.10 Å². The lowest BCUT2D eigenvalue weighted by Crippen LogP contribution is -2.48. The van der Waals surface area contributed by atoms with Crippen LogP contribution in [0.25, 0.3) is 0 Å². The van der Waals surface area contributed by atoms with Crippen LogP contribution in [-0.4, -0.2) is 17.7 Å². The molecule has 25 heavy (non-hydrogen) atoms. The molecule has 0 aromatic heterocycles. The van der Waals surface area contributed by atoms with Gasteiger partial charge < -0.3 is 14.8 Å². The molecule has 126 valence electrons. The Morgan fingerprint density at radius 2 is 1.96 bits per heavy atom. The highest BCUT2D eigenvalue weighted by Gasteiger charge is 2.49. The average molecular weight is 354 g/mol. The van der Waals surface area contributed by atoms with Crippen molar-refractivity contribution in [3.05, 3.63) is 58.6 Å². The standard InChI is InChI=1S/C19H16ClN3O2/c1-19(2)17-16(14-9-11(10-21)3-8-15(14)25-19)23-18(24-17)22-13-6-4-12(20)5-7-13/h3-9,16-17H,1-2H3,(H,22,23)/t16-,17+/m1/s1. The summed E-state index contributed by atoms with van der Waals surface area (Å²) in [6, 6.07) is 15.1. The van der Waals surface area contributed by atoms with E-state index >= 15 is 0 Å². The molecule has 0 aliphatic carbocycles. The fourth-order valence-corrected chi connectivity index (χ4v) is 3.29. The predicted molar refractivity (Wildman–Crippen MR) is 96.0 cm³/mol. The lowest BCUT2D eigenvalue weighted by atomic mass is 9.86. The van der Waals surface area contributed by atoms with Crippen LogP contribution < -0.4 is 10.1 Å². The largest absolute Gasteiger partial charge is 0.484 e. The van der Waals surface area contributed by atoms with Crippen molar-refractivity contribution < 1.29 is 9.47 Å². The molecule has 2 atom stereocenters. The zero-order chi connectivity index (χ0) is 17.6. The van der Waals surface area contributed by atoms with Crippen molar-refractivity contribution in [3.63, 3.8) is 0 Å². The molecule has 2 heterocycles. The summed E-state index contributed by atoms with van der Waals surface area (Å²) in [6.45, 7) is 3.96. The third-order valence-electron chi connectivity index (χ3n) is 4.39. The first-order valence-electron chi connectivity index (χ1n) is 7.96. The van der Waals surface area contributed by atoms with Crippen molar-refractivity contribution in [1.82, 2.24) is 0 Å². The van der Waals surface area contributed by atoms with Crippen molar-refractivity contribution in [1.29, 1.82) is 5.26 Å². The van der Waals surface area contributed by atoms with Crippen LogP contribution in [0.1, 0.15) is 31.0 Å². The molecule has 0 radical (unpaired) electrons. The summed E-state index contributed by atoms with van der Waals surface area (Å²) in [5.41, 5.74) is 1.75. The van der Waals surface area contributed by atoms with E-state index in [-0.39, 0.29) is 12.1 Å². The van der Waals surface area contributed by atoms with Gasteiger partial charge in [-0.15, -0.1) is 0 Å². The van der Waals surface area contributed by atoms with E-state index in [1.807, 2.05) is 38.1 Å². The number of nitriles is 1. The van der Waals surface area contributed by atoms with Crippen LogP contribution in [0, 0.1) is 11.3 Å². The SMILES string of the molecule is CC1(C)Oc2ccc(C#N)cc2[C@H]2N=C(Nc3ccc(Cl)cc3)O[C@@H]21. The number of aliphatic imine (C=N–C) groups is 1. The third-order valence-corrected chi connectivity index (χ3v) is 4.64. The van der Waals surface area contributed by atoms with Crippen LogP contribution in [0.4, 0.5) is 5.69 Å². The molecular weight excluding hydrogens is 338 g/mol. The zero-order valence-electron chi connectivity index (χ0n) is 13.8. The molecule has 5 nitrogen and oxygen atoms in total. The van der Waals surface area contributed by atoms with Gasteiger partial charge in [0.2, 0.25) is 0 Å². The van der Waals surface area contributed by atoms with E-state index in [9.17, 15) is 5.26 Å². The van der Waals surface area contributed by atoms with Crippen molar-refractivity contribution in [3.8, 4) is 11.8 Å². The fraction of sp³-hybridized carbons (Fsp3) is 0.263. The van der Waals surface area contributed by atoms with Gasteiger partial charge in [-0.25, -0.2) is 4.99 Å². The normalized spacial score (nSPS) is 22.6. The van der Waals surface area contributed by atoms with E-state index in [1.54, 1.807) is 18.2 Å². The summed E-state index contributed by atoms with van der Waals surface area (Å²) in [4.78, 5) is 4.70. The first-order valence-corrected chi connectivity index (χ1v) is 8.34. The molecule has 0 amide bonds. The summed E-state index contributed by atoms with van der Waals surface area (Å²) in [6.07, 6.45) is -0.274. The average Bonchev–Trinajstić information content (AvgIpc) is 3.02. The number of ether oxygens (including phenoxy) is 2. The van der Waals surface area contributed by atoms with Crippen molar-refractivity contribution in [2.75, 3.05) is 5.32 Å². The number of hydrogen-bond donors (Lipinski definition) is 1. The van der Waals surface area contributed by atoms with Crippen LogP contribution in [0.15, 0.2) is 47.5 Å². The maximum Gasteiger partial charge on any atom is 0.290 e. The molecule has 2 aliphatic heterocycles. The molecule has 4 rings (SSSR count). The van der Waals surface area contributed by atoms with Crippen LogP contribution in [0.5, 0.6) is 5.75 Å². The molecule has 1 N–H and O–H groups in total. The molecule has 0 fully saturated rings. The first kappa shape index (κ1) is 15.8. The van der Waals surface area contributed by atoms with Gasteiger partial charge in [0.1, 0.15) is 17.4 Å². The number of hydrogen-bond acceptors (Lipinski definition) is 5. The summed E-state index contributed by atoms with van der Waals surface area (Å²) in [7, 11) is 0. The molecule has 2 aromatic rings. The quantitative estimate of drug-likeness (QED) is 0.830. The molecule has 0 saturated carbocycles. The smallest absolute Gasteiger partial charge is 0.290 e. The molecule has 0 saturated heterocycles. The second-order valence-corrected chi connectivity index (χ2v) is 7.06. The third kappa shape index (κ3) is 2.79. The number of anilines is 1. The fourth-order valence-electron chi connectivity index (χ4n) is 3.17. The van der Waals surface area contributed by atoms with E-state index in [2.05, 4.69) is 11.4 Å². The number of nitrogens with one attached hydrogen (secondary N) is 1. The van der Waals surface area contributed by atoms with E-state index < -0.39 is 5.60 Å². The lowest BCUT2D eigenvalue weighted by molar-refractivity contribution is -0.0355. The van der Waals surface area contributed by atoms with Crippen LogP contribution in [-0.2, 0) is 4.74 Å². The minimum Gasteiger partial charge on any atom is -0.484 e. The van der Waals surface area contributed by atoms with Gasteiger partial charge >= 0.3 is 0 Å². The van der Waals surface area contributed by atoms with Crippen LogP contribution in [0.2, 0.25) is 5.02 Å². The summed E-state index contributed by atoms with van der Waals surface area (Å²) in [5, 5.41) is 13.0. The Morgan fingerprint density at radius 1 is 1.20 bits per heavy atom. The minimum absolute atomic E-state index is 0.221. The topological polar surface area (TPSA) is 66.6 Å². The predicted octanol–water partition coefficient (Wildman–Crippen LogP) is 4.29. The number of rotatable bonds is 1. The van der Waals surface area contributed by atoms with E-state index in [4.69, 9.17) is 26.1 Å². The van der Waals surface area contributed by atoms with Gasteiger partial charge in [-0.3, -0.25) is 0 Å². The minimum atomic E-state index is -0.543. The Hall–Kier alpha value is -2.71. The number of amidine groups is 1. The molecular formula is C19H16ClN3O2. The molecule has 2 aliphatic rings. The second-order valence-electron chi connectivity index (χ2n) is 6.62.